The van der Waals surface area contributed by atoms with Crippen molar-refractivity contribution in [2.45, 2.75) is 238 Å². The number of likely N-dealkylation sites (tertiary alicyclic amines) is 1. The minimum Gasteiger partial charge on any atom is -0.444 e. The molecule has 39 heteroatoms. The number of anilines is 6. The quantitative estimate of drug-likeness (QED) is 0.0302. The number of fused-ring (bicyclic) bond motifs is 5. The summed E-state index contributed by atoms with van der Waals surface area (Å²) in [5.41, 5.74) is 28.8. The number of nitrogens with one attached hydrogen (secondary N) is 3. The molecule has 7 fully saturated rings. The zero-order chi connectivity index (χ0) is 93.4. The van der Waals surface area contributed by atoms with E-state index in [-0.39, 0.29) is 42.5 Å². The smallest absolute Gasteiger partial charge is 0.410 e. The lowest BCUT2D eigenvalue weighted by Crippen LogP contribution is -2.50. The maximum Gasteiger partial charge on any atom is 0.410 e. The fourth-order valence-corrected chi connectivity index (χ4v) is 18.4. The number of carbonyl (C=O) groups is 3. The normalized spacial score (nSPS) is 20.7. The van der Waals surface area contributed by atoms with Gasteiger partial charge in [0.15, 0.2) is 44.6 Å². The van der Waals surface area contributed by atoms with E-state index >= 15 is 0 Å². The third-order valence-electron chi connectivity index (χ3n) is 26.1. The number of halogens is 1. The molecule has 0 saturated carbocycles. The first-order valence-electron chi connectivity index (χ1n) is 46.3. The van der Waals surface area contributed by atoms with Crippen LogP contribution in [-0.2, 0) is 43.1 Å². The number of aromatic nitrogens is 12. The lowest BCUT2D eigenvalue weighted by molar-refractivity contribution is -0.0372. The Morgan fingerprint density at radius 1 is 0.550 bits per heavy atom. The van der Waals surface area contributed by atoms with Crippen LogP contribution in [0.1, 0.15) is 213 Å². The van der Waals surface area contributed by atoms with Gasteiger partial charge in [0.05, 0.1) is 89.6 Å². The zero-order valence-electron chi connectivity index (χ0n) is 77.6. The Hall–Kier alpha value is -10.6. The summed E-state index contributed by atoms with van der Waals surface area (Å²) >= 11 is 2.19. The topological polar surface area (TPSA) is 464 Å². The maximum absolute atomic E-state index is 12.2. The van der Waals surface area contributed by atoms with Gasteiger partial charge in [-0.3, -0.25) is 15.0 Å². The molecule has 0 spiro atoms. The molecular formula is C92H131IN30O8. The summed E-state index contributed by atoms with van der Waals surface area (Å²) in [4.78, 5) is 99.9. The van der Waals surface area contributed by atoms with E-state index in [1.807, 2.05) is 109 Å². The molecule has 17 rings (SSSR count). The summed E-state index contributed by atoms with van der Waals surface area (Å²) in [7, 11) is 0. The Balaban J connectivity index is 0.000000148. The van der Waals surface area contributed by atoms with Gasteiger partial charge in [0.1, 0.15) is 45.5 Å². The highest BCUT2D eigenvalue weighted by molar-refractivity contribution is 14.1. The predicted molar refractivity (Wildman–Crippen MR) is 508 cm³/mol. The number of nitrogens with two attached hydrogens (primary N) is 4. The molecule has 131 heavy (non-hydrogen) atoms. The minimum atomic E-state index is -0.675. The Morgan fingerprint density at radius 2 is 1.01 bits per heavy atom. The number of alkyl carbamates (subject to hydrolysis) is 2. The second-order valence-electron chi connectivity index (χ2n) is 38.7. The van der Waals surface area contributed by atoms with Gasteiger partial charge in [-0.05, 0) is 243 Å². The minimum absolute atomic E-state index is 0.0760. The van der Waals surface area contributed by atoms with Crippen molar-refractivity contribution >= 4 is 104 Å². The van der Waals surface area contributed by atoms with E-state index in [9.17, 15) is 14.4 Å². The second-order valence-corrected chi connectivity index (χ2v) is 39.7. The first-order valence-corrected chi connectivity index (χ1v) is 47.4. The van der Waals surface area contributed by atoms with Crippen molar-refractivity contribution in [1.29, 1.82) is 10.5 Å². The van der Waals surface area contributed by atoms with Crippen LogP contribution in [0.15, 0.2) is 60.2 Å². The molecule has 7 saturated heterocycles. The van der Waals surface area contributed by atoms with Crippen LogP contribution in [0, 0.1) is 55.8 Å². The molecule has 7 aromatic rings. The van der Waals surface area contributed by atoms with Crippen molar-refractivity contribution in [3.63, 3.8) is 0 Å². The highest BCUT2D eigenvalue weighted by atomic mass is 127. The van der Waals surface area contributed by atoms with Crippen molar-refractivity contribution < 1.29 is 38.1 Å². The molecule has 38 nitrogen and oxygen atoms in total. The lowest BCUT2D eigenvalue weighted by Gasteiger charge is -2.40. The molecule has 2 unspecified atom stereocenters. The average molecular weight is 1910 g/mol. The van der Waals surface area contributed by atoms with E-state index in [1.165, 1.54) is 0 Å². The Kier molecular flexibility index (Phi) is 32.1. The van der Waals surface area contributed by atoms with E-state index in [0.29, 0.717) is 123 Å². The van der Waals surface area contributed by atoms with Gasteiger partial charge in [-0.15, -0.1) is 5.10 Å². The van der Waals surface area contributed by atoms with Gasteiger partial charge in [-0.25, -0.2) is 66.8 Å². The number of nitrogens with zero attached hydrogens (tertiary/aromatic N) is 23. The molecule has 0 radical (unpaired) electrons. The van der Waals surface area contributed by atoms with Gasteiger partial charge < -0.3 is 102 Å². The van der Waals surface area contributed by atoms with Crippen LogP contribution in [0.3, 0.4) is 0 Å². The summed E-state index contributed by atoms with van der Waals surface area (Å²) in [6, 6.07) is 12.7. The number of nitriles is 2. The Morgan fingerprint density at radius 3 is 1.47 bits per heavy atom. The number of amidine groups is 1. The number of aryl methyl sites for hydroxylation is 2. The fraction of sp³-hybridized carbons (Fsp3) is 0.652. The molecule has 704 valence electrons. The molecule has 17 heterocycles. The van der Waals surface area contributed by atoms with Gasteiger partial charge in [0.2, 0.25) is 0 Å². The Bertz CT molecular complexity index is 5270. The van der Waals surface area contributed by atoms with E-state index in [4.69, 9.17) is 105 Å². The largest absolute Gasteiger partial charge is 0.444 e. The number of piperidine rings is 5. The van der Waals surface area contributed by atoms with Gasteiger partial charge in [0, 0.05) is 130 Å². The second kappa shape index (κ2) is 42.9. The SMILES string of the molecule is CC(C)(C)OC(=O)N1CCC(C#N)(CN)CC1.N#CC1(CN)CCNCC1.NCC1(CN)CCN(c2cnc3c(n2)CN=C3N2CCCc3ncccc32)CC1.[C-]#[N+]C1(CNC(=O)OC(C)(C)C)CCN(c2cnc3c(I)nn(C4CCCCO4)c3n2)CC1.[C-]#[N+]C1(CNC(=O)OC(C)(C)C)CCN(c2cnc3c(N4CCCc5ncccc54)nn(C4CCCCO4)c3n2)CC1. The molecule has 7 aromatic heterocycles. The molecule has 0 aliphatic carbocycles. The van der Waals surface area contributed by atoms with Crippen LogP contribution in [-0.4, -0.2) is 247 Å². The third kappa shape index (κ3) is 24.3. The van der Waals surface area contributed by atoms with Crippen LogP contribution in [0.5, 0.6) is 0 Å². The molecule has 10 aliphatic rings. The first-order chi connectivity index (χ1) is 62.8. The highest BCUT2D eigenvalue weighted by Gasteiger charge is 2.45. The van der Waals surface area contributed by atoms with Crippen molar-refractivity contribution in [3.05, 3.63) is 105 Å². The number of hydrogen-bond donors (Lipinski definition) is 7. The lowest BCUT2D eigenvalue weighted by atomic mass is 9.78. The van der Waals surface area contributed by atoms with Crippen LogP contribution in [0.2, 0.25) is 0 Å². The number of carbonyl (C=O) groups excluding carboxylic acids is 3. The maximum atomic E-state index is 12.2. The van der Waals surface area contributed by atoms with Gasteiger partial charge in [-0.2, -0.15) is 15.6 Å². The van der Waals surface area contributed by atoms with Crippen LogP contribution >= 0.6 is 22.6 Å². The summed E-state index contributed by atoms with van der Waals surface area (Å²) in [5.74, 6) is 4.17. The van der Waals surface area contributed by atoms with Crippen LogP contribution in [0.4, 0.5) is 49.0 Å². The standard InChI is InChI=1S/C30H39N9O3.C22H30IN7O3.C21H28N8.C12H21N3O2.C7H13N3/c1-29(2,3)42-28(40)34-20-30(31-4)12-16-37(17-13-30)23-19-33-25-26(35-23)39(24-11-5-6-18-41-24)36-27(25)38-15-8-9-21-22(38)10-7-14-32-21;1-21(2,3)33-20(31)26-14-22(24-4)8-10-29(11-9-22)15-13-25-17-18(23)28-30(19(17)27-15)16-7-5-6-12-32-16;22-13-21(14-23)5-9-28(10-6-21)18-12-25-19-16(27-18)11-26-20(19)29-8-2-3-15-17(29)4-1-7-24-15;1-11(2,3)17-10(16)15-6-4-12(8-13,9-14)5-7-15;8-5-7(6-9)1-3-10-4-2-7/h7,10,14,19,24H,5-6,8-9,11-13,15-18,20H2,1-3H3,(H,34,40);13,16H,5-12,14H2,1-3H3,(H,26,31);1,4,7,12H,2-3,5-6,8-11,13-14,22-23H2;4-8,13H2,1-3H3;10H,1-5,8H2. The molecule has 11 N–H and O–H groups in total. The number of amides is 3. The third-order valence-corrected chi connectivity index (χ3v) is 26.8. The number of ether oxygens (including phenoxy) is 5. The van der Waals surface area contributed by atoms with E-state index in [2.05, 4.69) is 117 Å². The average Bonchev–Trinajstić information content (AvgIpc) is 1.60. The van der Waals surface area contributed by atoms with E-state index in [1.54, 1.807) is 11.1 Å². The molecular weight excluding hydrogens is 1780 g/mol. The summed E-state index contributed by atoms with van der Waals surface area (Å²) < 4.78 is 32.6. The van der Waals surface area contributed by atoms with Crippen molar-refractivity contribution in [3.8, 4) is 12.1 Å². The highest BCUT2D eigenvalue weighted by Crippen LogP contribution is 2.41. The van der Waals surface area contributed by atoms with Crippen molar-refractivity contribution in [2.24, 2.45) is 44.2 Å². The molecule has 2 atom stereocenters. The monoisotopic (exact) mass is 1910 g/mol. The van der Waals surface area contributed by atoms with Gasteiger partial charge in [-0.1, -0.05) is 0 Å². The van der Waals surface area contributed by atoms with Crippen molar-refractivity contribution in [2.75, 3.05) is 156 Å². The number of rotatable bonds is 14. The summed E-state index contributed by atoms with van der Waals surface area (Å²) in [5, 5.41) is 36.4. The molecule has 10 aliphatic heterocycles. The zero-order valence-corrected chi connectivity index (χ0v) is 79.7. The predicted octanol–water partition coefficient (Wildman–Crippen LogP) is 11.1. The van der Waals surface area contributed by atoms with E-state index in [0.717, 1.165) is 219 Å². The number of hydrogen-bond acceptors (Lipinski definition) is 31. The molecule has 0 bridgehead atoms. The van der Waals surface area contributed by atoms with Crippen LogP contribution in [0.25, 0.3) is 32.0 Å². The fourth-order valence-electron chi connectivity index (χ4n) is 17.8. The Labute approximate surface area is 782 Å². The number of pyridine rings is 2. The molecule has 3 amide bonds. The first kappa shape index (κ1) is 97.9. The summed E-state index contributed by atoms with van der Waals surface area (Å²) in [6.45, 7) is 45.9. The van der Waals surface area contributed by atoms with Crippen LogP contribution < -0.4 is 63.4 Å². The summed E-state index contributed by atoms with van der Waals surface area (Å²) in [6.07, 6.45) is 25.2. The van der Waals surface area contributed by atoms with Gasteiger partial charge >= 0.3 is 18.3 Å². The molecule has 0 aromatic carbocycles. The van der Waals surface area contributed by atoms with E-state index < -0.39 is 45.5 Å². The van der Waals surface area contributed by atoms with Crippen molar-refractivity contribution in [1.82, 2.24) is 80.3 Å². The number of aliphatic imine (C=N–C) groups is 1. The van der Waals surface area contributed by atoms with Gasteiger partial charge in [0.25, 0.3) is 11.1 Å².